The summed E-state index contributed by atoms with van der Waals surface area (Å²) in [5, 5.41) is 19.3. The van der Waals surface area contributed by atoms with E-state index in [1.807, 2.05) is 18.5 Å². The normalized spacial score (nSPS) is 10.5. The lowest BCUT2D eigenvalue weighted by Crippen LogP contribution is -2.28. The molecule has 0 aliphatic heterocycles. The number of urea groups is 1. The second-order valence-corrected chi connectivity index (χ2v) is 5.24. The zero-order chi connectivity index (χ0) is 16.1. The smallest absolute Gasteiger partial charge is 0.319 e. The molecule has 6 heteroatoms. The molecule has 22 heavy (non-hydrogen) atoms. The van der Waals surface area contributed by atoms with Crippen molar-refractivity contribution in [1.29, 1.82) is 0 Å². The first-order chi connectivity index (χ1) is 10.5. The van der Waals surface area contributed by atoms with Crippen LogP contribution in [0.4, 0.5) is 10.5 Å². The number of hydrogen-bond acceptors (Lipinski definition) is 3. The Hall–Kier alpha value is -2.50. The van der Waals surface area contributed by atoms with Crippen molar-refractivity contribution in [3.05, 3.63) is 41.2 Å². The number of benzene rings is 1. The molecule has 2 amide bonds. The van der Waals surface area contributed by atoms with Crippen molar-refractivity contribution in [3.63, 3.8) is 0 Å². The Morgan fingerprint density at radius 2 is 1.95 bits per heavy atom. The van der Waals surface area contributed by atoms with Gasteiger partial charge in [0.15, 0.2) is 0 Å². The molecule has 0 aliphatic rings. The molecule has 118 valence electrons. The van der Waals surface area contributed by atoms with Crippen molar-refractivity contribution < 1.29 is 9.90 Å². The van der Waals surface area contributed by atoms with Crippen molar-refractivity contribution in [3.8, 4) is 5.75 Å². The van der Waals surface area contributed by atoms with E-state index < -0.39 is 0 Å². The predicted molar refractivity (Wildman–Crippen MR) is 86.0 cm³/mol. The van der Waals surface area contributed by atoms with Crippen LogP contribution in [-0.4, -0.2) is 20.9 Å². The highest BCUT2D eigenvalue weighted by Gasteiger charge is 2.13. The Morgan fingerprint density at radius 1 is 1.27 bits per heavy atom. The highest BCUT2D eigenvalue weighted by atomic mass is 16.3. The summed E-state index contributed by atoms with van der Waals surface area (Å²) in [6.07, 6.45) is 0.994. The maximum absolute atomic E-state index is 12.0. The molecule has 0 fully saturated rings. The Balaban J connectivity index is 1.96. The van der Waals surface area contributed by atoms with Crippen molar-refractivity contribution in [2.45, 2.75) is 40.3 Å². The van der Waals surface area contributed by atoms with Crippen molar-refractivity contribution in [2.24, 2.45) is 0 Å². The lowest BCUT2D eigenvalue weighted by molar-refractivity contribution is 0.251. The number of anilines is 1. The standard InChI is InChI=1S/C16H22N4O2/c1-4-9-20-12(3)15(11(2)19-20)18-16(22)17-10-13-5-7-14(21)8-6-13/h5-8,21H,4,9-10H2,1-3H3,(H2,17,18,22). The molecular weight excluding hydrogens is 280 g/mol. The average Bonchev–Trinajstić information content (AvgIpc) is 2.75. The molecule has 3 N–H and O–H groups in total. The maximum Gasteiger partial charge on any atom is 0.319 e. The van der Waals surface area contributed by atoms with Gasteiger partial charge in [0.1, 0.15) is 5.75 Å². The average molecular weight is 302 g/mol. The summed E-state index contributed by atoms with van der Waals surface area (Å²) < 4.78 is 1.91. The quantitative estimate of drug-likeness (QED) is 0.794. The monoisotopic (exact) mass is 302 g/mol. The van der Waals surface area contributed by atoms with Gasteiger partial charge >= 0.3 is 6.03 Å². The number of carbonyl (C=O) groups is 1. The number of carbonyl (C=O) groups excluding carboxylic acids is 1. The summed E-state index contributed by atoms with van der Waals surface area (Å²) >= 11 is 0. The van der Waals surface area contributed by atoms with Crippen molar-refractivity contribution in [1.82, 2.24) is 15.1 Å². The fourth-order valence-corrected chi connectivity index (χ4v) is 2.26. The van der Waals surface area contributed by atoms with E-state index in [0.717, 1.165) is 35.6 Å². The van der Waals surface area contributed by atoms with E-state index in [1.165, 1.54) is 0 Å². The first-order valence-electron chi connectivity index (χ1n) is 7.38. The van der Waals surface area contributed by atoms with E-state index >= 15 is 0 Å². The number of phenols is 1. The Morgan fingerprint density at radius 3 is 2.59 bits per heavy atom. The number of aromatic hydroxyl groups is 1. The number of aryl methyl sites for hydroxylation is 2. The fraction of sp³-hybridized carbons (Fsp3) is 0.375. The summed E-state index contributed by atoms with van der Waals surface area (Å²) in [4.78, 5) is 12.0. The van der Waals surface area contributed by atoms with E-state index in [0.29, 0.717) is 6.54 Å². The molecule has 0 spiro atoms. The van der Waals surface area contributed by atoms with Gasteiger partial charge in [0.25, 0.3) is 0 Å². The number of aromatic nitrogens is 2. The van der Waals surface area contributed by atoms with Crippen LogP contribution >= 0.6 is 0 Å². The van der Waals surface area contributed by atoms with Crippen LogP contribution in [0.15, 0.2) is 24.3 Å². The molecule has 2 rings (SSSR count). The molecule has 2 aromatic rings. The van der Waals surface area contributed by atoms with Gasteiger partial charge in [0.2, 0.25) is 0 Å². The minimum atomic E-state index is -0.268. The van der Waals surface area contributed by atoms with E-state index in [4.69, 9.17) is 0 Å². The van der Waals surface area contributed by atoms with E-state index in [1.54, 1.807) is 24.3 Å². The number of phenolic OH excluding ortho intramolecular Hbond substituents is 1. The Kier molecular flexibility index (Phi) is 5.04. The van der Waals surface area contributed by atoms with E-state index in [2.05, 4.69) is 22.7 Å². The molecule has 1 aromatic heterocycles. The molecule has 0 radical (unpaired) electrons. The van der Waals surface area contributed by atoms with Gasteiger partial charge in [-0.25, -0.2) is 4.79 Å². The van der Waals surface area contributed by atoms with Crippen LogP contribution in [0.25, 0.3) is 0 Å². The largest absolute Gasteiger partial charge is 0.508 e. The maximum atomic E-state index is 12.0. The van der Waals surface area contributed by atoms with Crippen LogP contribution in [0.5, 0.6) is 5.75 Å². The first-order valence-corrected chi connectivity index (χ1v) is 7.38. The highest BCUT2D eigenvalue weighted by Crippen LogP contribution is 2.19. The molecule has 1 aromatic carbocycles. The van der Waals surface area contributed by atoms with Crippen LogP contribution in [0.1, 0.15) is 30.3 Å². The second kappa shape index (κ2) is 6.98. The molecular formula is C16H22N4O2. The number of hydrogen-bond donors (Lipinski definition) is 3. The third-order valence-corrected chi connectivity index (χ3v) is 3.44. The summed E-state index contributed by atoms with van der Waals surface area (Å²) in [5.41, 5.74) is 3.45. The third-order valence-electron chi connectivity index (χ3n) is 3.44. The SMILES string of the molecule is CCCn1nc(C)c(NC(=O)NCc2ccc(O)cc2)c1C. The zero-order valence-electron chi connectivity index (χ0n) is 13.2. The van der Waals surface area contributed by atoms with Gasteiger partial charge in [0.05, 0.1) is 17.1 Å². The van der Waals surface area contributed by atoms with Gasteiger partial charge in [0, 0.05) is 13.1 Å². The van der Waals surface area contributed by atoms with Crippen LogP contribution in [0.3, 0.4) is 0 Å². The van der Waals surface area contributed by atoms with Crippen LogP contribution in [0, 0.1) is 13.8 Å². The van der Waals surface area contributed by atoms with Crippen LogP contribution < -0.4 is 10.6 Å². The molecule has 6 nitrogen and oxygen atoms in total. The van der Waals surface area contributed by atoms with Crippen LogP contribution in [0.2, 0.25) is 0 Å². The van der Waals surface area contributed by atoms with Gasteiger partial charge < -0.3 is 15.7 Å². The van der Waals surface area contributed by atoms with Gasteiger partial charge in [-0.3, -0.25) is 4.68 Å². The molecule has 1 heterocycles. The summed E-state index contributed by atoms with van der Waals surface area (Å²) in [5.74, 6) is 0.211. The van der Waals surface area contributed by atoms with Crippen LogP contribution in [-0.2, 0) is 13.1 Å². The van der Waals surface area contributed by atoms with Crippen molar-refractivity contribution >= 4 is 11.7 Å². The molecule has 0 saturated carbocycles. The number of rotatable bonds is 5. The molecule has 0 aliphatic carbocycles. The van der Waals surface area contributed by atoms with E-state index in [9.17, 15) is 9.90 Å². The lowest BCUT2D eigenvalue weighted by Gasteiger charge is -2.08. The summed E-state index contributed by atoms with van der Waals surface area (Å²) in [6.45, 7) is 7.16. The van der Waals surface area contributed by atoms with Gasteiger partial charge in [-0.1, -0.05) is 19.1 Å². The molecule has 0 atom stereocenters. The summed E-state index contributed by atoms with van der Waals surface area (Å²) in [6, 6.07) is 6.46. The number of nitrogens with one attached hydrogen (secondary N) is 2. The highest BCUT2D eigenvalue weighted by molar-refractivity contribution is 5.90. The third kappa shape index (κ3) is 3.78. The Labute approximate surface area is 130 Å². The fourth-order valence-electron chi connectivity index (χ4n) is 2.26. The van der Waals surface area contributed by atoms with E-state index in [-0.39, 0.29) is 11.8 Å². The molecule has 0 unspecified atom stereocenters. The molecule has 0 saturated heterocycles. The number of nitrogens with zero attached hydrogens (tertiary/aromatic N) is 2. The minimum absolute atomic E-state index is 0.211. The topological polar surface area (TPSA) is 79.2 Å². The van der Waals surface area contributed by atoms with Gasteiger partial charge in [-0.2, -0.15) is 5.10 Å². The second-order valence-electron chi connectivity index (χ2n) is 5.24. The minimum Gasteiger partial charge on any atom is -0.508 e. The summed E-state index contributed by atoms with van der Waals surface area (Å²) in [7, 11) is 0. The van der Waals surface area contributed by atoms with Gasteiger partial charge in [-0.15, -0.1) is 0 Å². The van der Waals surface area contributed by atoms with Crippen molar-refractivity contribution in [2.75, 3.05) is 5.32 Å². The molecule has 0 bridgehead atoms. The number of amides is 2. The van der Waals surface area contributed by atoms with Gasteiger partial charge in [-0.05, 0) is 38.0 Å². The predicted octanol–water partition coefficient (Wildman–Crippen LogP) is 2.94. The lowest BCUT2D eigenvalue weighted by atomic mass is 10.2. The first kappa shape index (κ1) is 15.9. The Bertz CT molecular complexity index is 647. The zero-order valence-corrected chi connectivity index (χ0v) is 13.2.